The van der Waals surface area contributed by atoms with Gasteiger partial charge < -0.3 is 5.32 Å². The third-order valence-electron chi connectivity index (χ3n) is 3.05. The van der Waals surface area contributed by atoms with Crippen molar-refractivity contribution in [2.24, 2.45) is 0 Å². The van der Waals surface area contributed by atoms with Crippen LogP contribution in [0.15, 0.2) is 18.2 Å². The van der Waals surface area contributed by atoms with Crippen LogP contribution in [0, 0.1) is 11.6 Å². The molecule has 0 unspecified atom stereocenters. The molecule has 1 N–H and O–H groups in total. The molecule has 0 atom stereocenters. The van der Waals surface area contributed by atoms with E-state index in [1.165, 1.54) is 6.07 Å². The quantitative estimate of drug-likeness (QED) is 0.810. The second-order valence-corrected chi connectivity index (χ2v) is 4.07. The first-order valence-electron chi connectivity index (χ1n) is 5.39. The molecule has 1 aliphatic rings. The Morgan fingerprint density at radius 3 is 2.73 bits per heavy atom. The Balaban J connectivity index is 2.04. The zero-order chi connectivity index (χ0) is 10.8. The van der Waals surface area contributed by atoms with E-state index in [0.717, 1.165) is 19.4 Å². The number of nitrogens with one attached hydrogen (secondary N) is 1. The second kappa shape index (κ2) is 4.27. The molecule has 15 heavy (non-hydrogen) atoms. The molecule has 1 aromatic carbocycles. The van der Waals surface area contributed by atoms with Gasteiger partial charge in [0.2, 0.25) is 0 Å². The first kappa shape index (κ1) is 10.6. The van der Waals surface area contributed by atoms with Gasteiger partial charge in [-0.1, -0.05) is 19.1 Å². The molecule has 0 saturated heterocycles. The highest BCUT2D eigenvalue weighted by Crippen LogP contribution is 2.38. The Kier molecular flexibility index (Phi) is 3.00. The van der Waals surface area contributed by atoms with Crippen LogP contribution in [0.5, 0.6) is 0 Å². The van der Waals surface area contributed by atoms with Gasteiger partial charge in [0, 0.05) is 6.04 Å². The third kappa shape index (κ3) is 2.02. The van der Waals surface area contributed by atoms with Crippen molar-refractivity contribution < 1.29 is 8.78 Å². The average molecular weight is 211 g/mol. The lowest BCUT2D eigenvalue weighted by atomic mass is 9.75. The molecule has 0 aliphatic heterocycles. The van der Waals surface area contributed by atoms with E-state index in [2.05, 4.69) is 12.2 Å². The summed E-state index contributed by atoms with van der Waals surface area (Å²) in [6, 6.07) is 4.90. The predicted octanol–water partition coefficient (Wildman–Crippen LogP) is 2.82. The van der Waals surface area contributed by atoms with Gasteiger partial charge in [-0.25, -0.2) is 8.78 Å². The fraction of sp³-hybridized carbons (Fsp3) is 0.500. The van der Waals surface area contributed by atoms with Crippen LogP contribution in [0.25, 0.3) is 0 Å². The molecule has 1 saturated carbocycles. The van der Waals surface area contributed by atoms with Crippen LogP contribution in [-0.4, -0.2) is 12.6 Å². The van der Waals surface area contributed by atoms with Crippen LogP contribution in [0.2, 0.25) is 0 Å². The summed E-state index contributed by atoms with van der Waals surface area (Å²) in [5.41, 5.74) is 0.532. The SMILES string of the molecule is CCNC1CC(c2cccc(F)c2F)C1. The monoisotopic (exact) mass is 211 g/mol. The summed E-state index contributed by atoms with van der Waals surface area (Å²) in [5.74, 6) is -1.22. The van der Waals surface area contributed by atoms with Crippen molar-refractivity contribution in [1.82, 2.24) is 5.32 Å². The number of hydrogen-bond donors (Lipinski definition) is 1. The lowest BCUT2D eigenvalue weighted by Gasteiger charge is -2.36. The van der Waals surface area contributed by atoms with Crippen LogP contribution in [0.1, 0.15) is 31.2 Å². The summed E-state index contributed by atoms with van der Waals surface area (Å²) >= 11 is 0. The molecule has 0 aromatic heterocycles. The van der Waals surface area contributed by atoms with Crippen molar-refractivity contribution in [1.29, 1.82) is 0 Å². The second-order valence-electron chi connectivity index (χ2n) is 4.07. The van der Waals surface area contributed by atoms with Crippen molar-refractivity contribution >= 4 is 0 Å². The maximum atomic E-state index is 13.4. The largest absolute Gasteiger partial charge is 0.314 e. The number of hydrogen-bond acceptors (Lipinski definition) is 1. The van der Waals surface area contributed by atoms with Crippen molar-refractivity contribution in [3.8, 4) is 0 Å². The van der Waals surface area contributed by atoms with Crippen molar-refractivity contribution in [2.75, 3.05) is 6.54 Å². The molecule has 1 aromatic rings. The molecule has 0 bridgehead atoms. The van der Waals surface area contributed by atoms with Gasteiger partial charge in [0.1, 0.15) is 0 Å². The molecule has 1 fully saturated rings. The Bertz CT molecular complexity index is 345. The van der Waals surface area contributed by atoms with Crippen LogP contribution in [0.4, 0.5) is 8.78 Å². The van der Waals surface area contributed by atoms with Gasteiger partial charge >= 0.3 is 0 Å². The smallest absolute Gasteiger partial charge is 0.162 e. The molecule has 2 rings (SSSR count). The van der Waals surface area contributed by atoms with Gasteiger partial charge in [-0.15, -0.1) is 0 Å². The van der Waals surface area contributed by atoms with Crippen molar-refractivity contribution in [3.63, 3.8) is 0 Å². The molecule has 82 valence electrons. The molecular weight excluding hydrogens is 196 g/mol. The molecule has 1 aliphatic carbocycles. The Labute approximate surface area is 88.5 Å². The van der Waals surface area contributed by atoms with Gasteiger partial charge in [0.15, 0.2) is 11.6 Å². The van der Waals surface area contributed by atoms with Crippen LogP contribution in [0.3, 0.4) is 0 Å². The van der Waals surface area contributed by atoms with Gasteiger partial charge in [0.25, 0.3) is 0 Å². The van der Waals surface area contributed by atoms with E-state index in [1.807, 2.05) is 0 Å². The lowest BCUT2D eigenvalue weighted by Crippen LogP contribution is -2.40. The van der Waals surface area contributed by atoms with E-state index in [0.29, 0.717) is 11.6 Å². The summed E-state index contributed by atoms with van der Waals surface area (Å²) in [4.78, 5) is 0. The minimum Gasteiger partial charge on any atom is -0.314 e. The highest BCUT2D eigenvalue weighted by molar-refractivity contribution is 5.25. The van der Waals surface area contributed by atoms with E-state index >= 15 is 0 Å². The van der Waals surface area contributed by atoms with E-state index < -0.39 is 11.6 Å². The van der Waals surface area contributed by atoms with Crippen LogP contribution >= 0.6 is 0 Å². The standard InChI is InChI=1S/C12H15F2N/c1-2-15-9-6-8(7-9)10-4-3-5-11(13)12(10)14/h3-5,8-9,15H,2,6-7H2,1H3. The maximum absolute atomic E-state index is 13.4. The van der Waals surface area contributed by atoms with Crippen molar-refractivity contribution in [3.05, 3.63) is 35.4 Å². The molecule has 0 heterocycles. The number of benzene rings is 1. The predicted molar refractivity (Wildman–Crippen MR) is 55.8 cm³/mol. The van der Waals surface area contributed by atoms with Crippen molar-refractivity contribution in [2.45, 2.75) is 31.7 Å². The maximum Gasteiger partial charge on any atom is 0.162 e. The lowest BCUT2D eigenvalue weighted by molar-refractivity contribution is 0.288. The zero-order valence-corrected chi connectivity index (χ0v) is 8.76. The molecular formula is C12H15F2N. The molecule has 3 heteroatoms. The van der Waals surface area contributed by atoms with E-state index in [4.69, 9.17) is 0 Å². The number of halogens is 2. The van der Waals surface area contributed by atoms with Crippen LogP contribution in [-0.2, 0) is 0 Å². The molecule has 0 spiro atoms. The summed E-state index contributed by atoms with van der Waals surface area (Å²) < 4.78 is 26.3. The van der Waals surface area contributed by atoms with Gasteiger partial charge in [-0.3, -0.25) is 0 Å². The summed E-state index contributed by atoms with van der Waals surface area (Å²) in [6.45, 7) is 2.99. The Hall–Kier alpha value is -0.960. The first-order valence-corrected chi connectivity index (χ1v) is 5.39. The number of rotatable bonds is 3. The van der Waals surface area contributed by atoms with E-state index in [9.17, 15) is 8.78 Å². The van der Waals surface area contributed by atoms with Gasteiger partial charge in [-0.05, 0) is 36.9 Å². The molecule has 1 nitrogen and oxygen atoms in total. The minimum atomic E-state index is -0.737. The average Bonchev–Trinajstić information content (AvgIpc) is 2.16. The van der Waals surface area contributed by atoms with Gasteiger partial charge in [0.05, 0.1) is 0 Å². The van der Waals surface area contributed by atoms with E-state index in [-0.39, 0.29) is 5.92 Å². The van der Waals surface area contributed by atoms with Crippen LogP contribution < -0.4 is 5.32 Å². The third-order valence-corrected chi connectivity index (χ3v) is 3.05. The van der Waals surface area contributed by atoms with Gasteiger partial charge in [-0.2, -0.15) is 0 Å². The topological polar surface area (TPSA) is 12.0 Å². The fourth-order valence-electron chi connectivity index (χ4n) is 2.16. The Morgan fingerprint density at radius 2 is 2.07 bits per heavy atom. The highest BCUT2D eigenvalue weighted by Gasteiger charge is 2.31. The normalized spacial score (nSPS) is 25.0. The molecule has 0 amide bonds. The Morgan fingerprint density at radius 1 is 1.33 bits per heavy atom. The summed E-state index contributed by atoms with van der Waals surface area (Å²) in [5, 5.41) is 3.30. The molecule has 0 radical (unpaired) electrons. The first-order chi connectivity index (χ1) is 7.22. The minimum absolute atomic E-state index is 0.185. The summed E-state index contributed by atoms with van der Waals surface area (Å²) in [7, 11) is 0. The summed E-state index contributed by atoms with van der Waals surface area (Å²) in [6.07, 6.45) is 1.82. The zero-order valence-electron chi connectivity index (χ0n) is 8.76. The van der Waals surface area contributed by atoms with E-state index in [1.54, 1.807) is 12.1 Å². The fourth-order valence-corrected chi connectivity index (χ4v) is 2.16. The highest BCUT2D eigenvalue weighted by atomic mass is 19.2.